The number of rotatable bonds is 9. The molecule has 0 fully saturated rings. The zero-order chi connectivity index (χ0) is 19.6. The van der Waals surface area contributed by atoms with Crippen LogP contribution in [0.25, 0.3) is 0 Å². The van der Waals surface area contributed by atoms with Gasteiger partial charge in [0, 0.05) is 37.9 Å². The molecule has 2 aromatic heterocycles. The second kappa shape index (κ2) is 10.2. The summed E-state index contributed by atoms with van der Waals surface area (Å²) in [4.78, 5) is 21.1. The molecule has 2 heterocycles. The fraction of sp³-hybridized carbons (Fsp3) is 0.227. The molecule has 0 aliphatic carbocycles. The summed E-state index contributed by atoms with van der Waals surface area (Å²) < 4.78 is 5.59. The third kappa shape index (κ3) is 5.62. The van der Waals surface area contributed by atoms with E-state index in [2.05, 4.69) is 20.6 Å². The van der Waals surface area contributed by atoms with E-state index < -0.39 is 6.04 Å². The molecule has 144 valence electrons. The lowest BCUT2D eigenvalue weighted by molar-refractivity contribution is -0.123. The van der Waals surface area contributed by atoms with Gasteiger partial charge in [-0.3, -0.25) is 20.1 Å². The van der Waals surface area contributed by atoms with Crippen LogP contribution in [0.15, 0.2) is 73.3 Å². The minimum atomic E-state index is -0.512. The Morgan fingerprint density at radius 2 is 1.86 bits per heavy atom. The van der Waals surface area contributed by atoms with Crippen molar-refractivity contribution >= 4 is 5.91 Å². The van der Waals surface area contributed by atoms with Crippen LogP contribution in [-0.2, 0) is 17.9 Å². The highest BCUT2D eigenvalue weighted by Crippen LogP contribution is 2.20. The maximum atomic E-state index is 13.0. The summed E-state index contributed by atoms with van der Waals surface area (Å²) in [5.74, 6) is 0.643. The first-order valence-corrected chi connectivity index (χ1v) is 9.28. The fourth-order valence-corrected chi connectivity index (χ4v) is 2.83. The van der Waals surface area contributed by atoms with Gasteiger partial charge in [-0.15, -0.1) is 0 Å². The topological polar surface area (TPSA) is 76.1 Å². The molecule has 1 atom stereocenters. The van der Waals surface area contributed by atoms with Crippen molar-refractivity contribution in [1.29, 1.82) is 0 Å². The Labute approximate surface area is 165 Å². The molecule has 3 aromatic rings. The first-order valence-electron chi connectivity index (χ1n) is 9.28. The minimum absolute atomic E-state index is 0.102. The van der Waals surface area contributed by atoms with E-state index in [9.17, 15) is 4.79 Å². The zero-order valence-electron chi connectivity index (χ0n) is 15.8. The molecule has 0 saturated carbocycles. The second-order valence-electron chi connectivity index (χ2n) is 6.25. The standard InChI is InChI=1S/C22H24N4O2/c1-2-28-20-7-3-6-19(13-20)21(25-16-18-5-4-10-24-14-18)22(27)26-15-17-8-11-23-12-9-17/h3-14,21,25H,2,15-16H2,1H3,(H,26,27). The van der Waals surface area contributed by atoms with Crippen LogP contribution >= 0.6 is 0 Å². The number of aromatic nitrogens is 2. The smallest absolute Gasteiger partial charge is 0.242 e. The van der Waals surface area contributed by atoms with E-state index in [4.69, 9.17) is 4.74 Å². The Bertz CT molecular complexity index is 872. The summed E-state index contributed by atoms with van der Waals surface area (Å²) in [5, 5.41) is 6.34. The van der Waals surface area contributed by atoms with Crippen molar-refractivity contribution in [2.24, 2.45) is 0 Å². The summed E-state index contributed by atoms with van der Waals surface area (Å²) in [6.45, 7) is 3.48. The molecule has 0 aliphatic rings. The molecule has 1 unspecified atom stereocenters. The Morgan fingerprint density at radius 1 is 1.00 bits per heavy atom. The van der Waals surface area contributed by atoms with Crippen LogP contribution in [0, 0.1) is 0 Å². The SMILES string of the molecule is CCOc1cccc(C(NCc2cccnc2)C(=O)NCc2ccncc2)c1. The van der Waals surface area contributed by atoms with Crippen LogP contribution in [0.2, 0.25) is 0 Å². The summed E-state index contributed by atoms with van der Waals surface area (Å²) in [6, 6.07) is 14.7. The van der Waals surface area contributed by atoms with Crippen molar-refractivity contribution < 1.29 is 9.53 Å². The first kappa shape index (κ1) is 19.5. The number of ether oxygens (including phenoxy) is 1. The number of nitrogens with one attached hydrogen (secondary N) is 2. The molecular formula is C22H24N4O2. The molecule has 6 heteroatoms. The highest BCUT2D eigenvalue weighted by Gasteiger charge is 2.20. The van der Waals surface area contributed by atoms with Crippen molar-refractivity contribution in [3.05, 3.63) is 90.0 Å². The molecule has 3 rings (SSSR count). The molecule has 0 aliphatic heterocycles. The number of hydrogen-bond acceptors (Lipinski definition) is 5. The molecular weight excluding hydrogens is 352 g/mol. The Balaban J connectivity index is 1.74. The number of hydrogen-bond donors (Lipinski definition) is 2. The highest BCUT2D eigenvalue weighted by atomic mass is 16.5. The average Bonchev–Trinajstić information content (AvgIpc) is 2.74. The third-order valence-electron chi connectivity index (χ3n) is 4.21. The molecule has 1 amide bonds. The molecule has 0 spiro atoms. The highest BCUT2D eigenvalue weighted by molar-refractivity contribution is 5.83. The number of nitrogens with zero attached hydrogens (tertiary/aromatic N) is 2. The molecule has 1 aromatic carbocycles. The van der Waals surface area contributed by atoms with Crippen molar-refractivity contribution in [3.63, 3.8) is 0 Å². The quantitative estimate of drug-likeness (QED) is 0.600. The predicted molar refractivity (Wildman–Crippen MR) is 108 cm³/mol. The molecule has 0 saturated heterocycles. The molecule has 6 nitrogen and oxygen atoms in total. The van der Waals surface area contributed by atoms with E-state index in [0.29, 0.717) is 19.7 Å². The van der Waals surface area contributed by atoms with Gasteiger partial charge in [0.15, 0.2) is 0 Å². The molecule has 28 heavy (non-hydrogen) atoms. The van der Waals surface area contributed by atoms with Gasteiger partial charge in [0.05, 0.1) is 6.61 Å². The maximum Gasteiger partial charge on any atom is 0.242 e. The lowest BCUT2D eigenvalue weighted by Gasteiger charge is -2.20. The van der Waals surface area contributed by atoms with Gasteiger partial charge in [-0.05, 0) is 53.9 Å². The van der Waals surface area contributed by atoms with Crippen molar-refractivity contribution in [2.45, 2.75) is 26.1 Å². The van der Waals surface area contributed by atoms with Crippen molar-refractivity contribution in [2.75, 3.05) is 6.61 Å². The van der Waals surface area contributed by atoms with Gasteiger partial charge in [-0.2, -0.15) is 0 Å². The molecule has 0 radical (unpaired) electrons. The zero-order valence-corrected chi connectivity index (χ0v) is 15.8. The van der Waals surface area contributed by atoms with E-state index in [1.54, 1.807) is 24.8 Å². The van der Waals surface area contributed by atoms with E-state index in [-0.39, 0.29) is 5.91 Å². The Kier molecular flexibility index (Phi) is 7.09. The Morgan fingerprint density at radius 3 is 2.61 bits per heavy atom. The summed E-state index contributed by atoms with van der Waals surface area (Å²) in [5.41, 5.74) is 2.86. The van der Waals surface area contributed by atoms with Crippen LogP contribution in [0.5, 0.6) is 5.75 Å². The number of carbonyl (C=O) groups is 1. The normalized spacial score (nSPS) is 11.6. The van der Waals surface area contributed by atoms with Crippen LogP contribution in [-0.4, -0.2) is 22.5 Å². The van der Waals surface area contributed by atoms with Crippen LogP contribution in [0.1, 0.15) is 29.7 Å². The fourth-order valence-electron chi connectivity index (χ4n) is 2.83. The summed E-state index contributed by atoms with van der Waals surface area (Å²) in [6.07, 6.45) is 6.94. The third-order valence-corrected chi connectivity index (χ3v) is 4.21. The second-order valence-corrected chi connectivity index (χ2v) is 6.25. The Hall–Kier alpha value is -3.25. The lowest BCUT2D eigenvalue weighted by Crippen LogP contribution is -2.37. The average molecular weight is 376 g/mol. The summed E-state index contributed by atoms with van der Waals surface area (Å²) in [7, 11) is 0. The maximum absolute atomic E-state index is 13.0. The van der Waals surface area contributed by atoms with Crippen molar-refractivity contribution in [3.8, 4) is 5.75 Å². The first-order chi connectivity index (χ1) is 13.8. The van der Waals surface area contributed by atoms with Gasteiger partial charge in [-0.1, -0.05) is 18.2 Å². The van der Waals surface area contributed by atoms with Gasteiger partial charge in [0.1, 0.15) is 11.8 Å². The molecule has 0 bridgehead atoms. The summed E-state index contributed by atoms with van der Waals surface area (Å²) >= 11 is 0. The van der Waals surface area contributed by atoms with Crippen LogP contribution in [0.4, 0.5) is 0 Å². The number of pyridine rings is 2. The predicted octanol–water partition coefficient (Wildman–Crippen LogP) is 3.02. The minimum Gasteiger partial charge on any atom is -0.494 e. The molecule has 2 N–H and O–H groups in total. The van der Waals surface area contributed by atoms with Gasteiger partial charge in [0.25, 0.3) is 0 Å². The van der Waals surface area contributed by atoms with E-state index in [1.807, 2.05) is 55.5 Å². The van der Waals surface area contributed by atoms with Gasteiger partial charge < -0.3 is 10.1 Å². The number of benzene rings is 1. The van der Waals surface area contributed by atoms with Crippen molar-refractivity contribution in [1.82, 2.24) is 20.6 Å². The van der Waals surface area contributed by atoms with Gasteiger partial charge in [0.2, 0.25) is 5.91 Å². The van der Waals surface area contributed by atoms with Gasteiger partial charge in [-0.25, -0.2) is 0 Å². The van der Waals surface area contributed by atoms with Crippen LogP contribution in [0.3, 0.4) is 0 Å². The lowest BCUT2D eigenvalue weighted by atomic mass is 10.0. The number of carbonyl (C=O) groups excluding carboxylic acids is 1. The van der Waals surface area contributed by atoms with Gasteiger partial charge >= 0.3 is 0 Å². The number of amides is 1. The largest absolute Gasteiger partial charge is 0.494 e. The van der Waals surface area contributed by atoms with E-state index in [0.717, 1.165) is 22.4 Å². The van der Waals surface area contributed by atoms with Crippen LogP contribution < -0.4 is 15.4 Å². The van der Waals surface area contributed by atoms with E-state index >= 15 is 0 Å². The van der Waals surface area contributed by atoms with E-state index in [1.165, 1.54) is 0 Å². The monoisotopic (exact) mass is 376 g/mol.